The summed E-state index contributed by atoms with van der Waals surface area (Å²) in [7, 11) is 0. The number of anilines is 1. The van der Waals surface area contributed by atoms with Crippen LogP contribution in [0.25, 0.3) is 0 Å². The Morgan fingerprint density at radius 1 is 1.14 bits per heavy atom. The van der Waals surface area contributed by atoms with Crippen molar-refractivity contribution < 1.29 is 13.6 Å². The highest BCUT2D eigenvalue weighted by atomic mass is 19.1. The van der Waals surface area contributed by atoms with Crippen LogP contribution < -0.4 is 10.6 Å². The van der Waals surface area contributed by atoms with E-state index in [4.69, 9.17) is 0 Å². The van der Waals surface area contributed by atoms with E-state index >= 15 is 0 Å². The standard InChI is InChI=1S/C17H18F2N2O/c1-12(7-8-13-5-3-2-4-6-13)20-17(22)21-16-10-9-14(18)11-15(16)19/h2-6,9-12H,7-8H2,1H3,(H2,20,21,22). The lowest BCUT2D eigenvalue weighted by Gasteiger charge is -2.15. The fraction of sp³-hybridized carbons (Fsp3) is 0.235. The van der Waals surface area contributed by atoms with E-state index in [1.807, 2.05) is 37.3 Å². The Hall–Kier alpha value is -2.43. The van der Waals surface area contributed by atoms with Crippen molar-refractivity contribution in [2.24, 2.45) is 0 Å². The van der Waals surface area contributed by atoms with E-state index in [1.165, 1.54) is 11.6 Å². The van der Waals surface area contributed by atoms with E-state index in [2.05, 4.69) is 10.6 Å². The molecule has 0 bridgehead atoms. The molecule has 5 heteroatoms. The van der Waals surface area contributed by atoms with Crippen LogP contribution in [-0.2, 0) is 6.42 Å². The van der Waals surface area contributed by atoms with Gasteiger partial charge >= 0.3 is 6.03 Å². The number of hydrogen-bond acceptors (Lipinski definition) is 1. The second-order valence-electron chi connectivity index (χ2n) is 5.15. The summed E-state index contributed by atoms with van der Waals surface area (Å²) in [5.41, 5.74) is 1.15. The number of halogens is 2. The predicted molar refractivity (Wildman–Crippen MR) is 82.7 cm³/mol. The lowest BCUT2D eigenvalue weighted by atomic mass is 10.1. The van der Waals surface area contributed by atoms with E-state index in [1.54, 1.807) is 0 Å². The van der Waals surface area contributed by atoms with Gasteiger partial charge in [-0.2, -0.15) is 0 Å². The number of amides is 2. The van der Waals surface area contributed by atoms with E-state index in [9.17, 15) is 13.6 Å². The van der Waals surface area contributed by atoms with E-state index in [0.717, 1.165) is 25.0 Å². The van der Waals surface area contributed by atoms with Crippen LogP contribution in [0.4, 0.5) is 19.3 Å². The molecule has 0 saturated heterocycles. The van der Waals surface area contributed by atoms with Crippen LogP contribution in [0, 0.1) is 11.6 Å². The lowest BCUT2D eigenvalue weighted by molar-refractivity contribution is 0.248. The topological polar surface area (TPSA) is 41.1 Å². The fourth-order valence-electron chi connectivity index (χ4n) is 2.07. The van der Waals surface area contributed by atoms with Crippen molar-refractivity contribution in [3.05, 3.63) is 65.7 Å². The molecule has 1 atom stereocenters. The summed E-state index contributed by atoms with van der Waals surface area (Å²) in [4.78, 5) is 11.8. The van der Waals surface area contributed by atoms with Gasteiger partial charge < -0.3 is 10.6 Å². The SMILES string of the molecule is CC(CCc1ccccc1)NC(=O)Nc1ccc(F)cc1F. The van der Waals surface area contributed by atoms with Crippen molar-refractivity contribution in [1.29, 1.82) is 0 Å². The zero-order valence-electron chi connectivity index (χ0n) is 12.3. The molecule has 2 aromatic carbocycles. The molecule has 2 rings (SSSR count). The van der Waals surface area contributed by atoms with Gasteiger partial charge in [0.1, 0.15) is 11.6 Å². The molecule has 0 saturated carbocycles. The van der Waals surface area contributed by atoms with Crippen molar-refractivity contribution in [3.8, 4) is 0 Å². The van der Waals surface area contributed by atoms with Crippen LogP contribution in [0.2, 0.25) is 0 Å². The quantitative estimate of drug-likeness (QED) is 0.857. The summed E-state index contributed by atoms with van der Waals surface area (Å²) in [5, 5.41) is 5.10. The number of benzene rings is 2. The number of nitrogens with one attached hydrogen (secondary N) is 2. The Kier molecular flexibility index (Phi) is 5.47. The van der Waals surface area contributed by atoms with Crippen molar-refractivity contribution >= 4 is 11.7 Å². The highest BCUT2D eigenvalue weighted by Gasteiger charge is 2.10. The molecule has 2 amide bonds. The molecule has 2 N–H and O–H groups in total. The first-order valence-corrected chi connectivity index (χ1v) is 7.11. The van der Waals surface area contributed by atoms with Gasteiger partial charge in [0, 0.05) is 12.1 Å². The van der Waals surface area contributed by atoms with Gasteiger partial charge in [0.05, 0.1) is 5.69 Å². The second kappa shape index (κ2) is 7.54. The molecule has 0 aliphatic rings. The molecular weight excluding hydrogens is 286 g/mol. The molecule has 0 fully saturated rings. The van der Waals surface area contributed by atoms with Crippen LogP contribution >= 0.6 is 0 Å². The maximum absolute atomic E-state index is 13.4. The Labute approximate surface area is 128 Å². The molecule has 0 aliphatic heterocycles. The Morgan fingerprint density at radius 2 is 1.86 bits per heavy atom. The third kappa shape index (κ3) is 4.84. The largest absolute Gasteiger partial charge is 0.335 e. The van der Waals surface area contributed by atoms with Gasteiger partial charge in [0.15, 0.2) is 0 Å². The predicted octanol–water partition coefficient (Wildman–Crippen LogP) is 4.11. The van der Waals surface area contributed by atoms with Crippen molar-refractivity contribution in [1.82, 2.24) is 5.32 Å². The zero-order chi connectivity index (χ0) is 15.9. The molecule has 0 aliphatic carbocycles. The van der Waals surface area contributed by atoms with Gasteiger partial charge in [-0.3, -0.25) is 0 Å². The second-order valence-corrected chi connectivity index (χ2v) is 5.15. The van der Waals surface area contributed by atoms with E-state index in [0.29, 0.717) is 0 Å². The number of urea groups is 1. The normalized spacial score (nSPS) is 11.8. The summed E-state index contributed by atoms with van der Waals surface area (Å²) in [5.74, 6) is -1.48. The zero-order valence-corrected chi connectivity index (χ0v) is 12.3. The maximum Gasteiger partial charge on any atom is 0.319 e. The molecule has 0 heterocycles. The molecule has 22 heavy (non-hydrogen) atoms. The number of carbonyl (C=O) groups is 1. The Balaban J connectivity index is 1.81. The average molecular weight is 304 g/mol. The summed E-state index contributed by atoms with van der Waals surface area (Å²) >= 11 is 0. The van der Waals surface area contributed by atoms with Crippen LogP contribution in [0.1, 0.15) is 18.9 Å². The number of aryl methyl sites for hydroxylation is 1. The van der Waals surface area contributed by atoms with Crippen LogP contribution in [0.3, 0.4) is 0 Å². The summed E-state index contributed by atoms with van der Waals surface area (Å²) < 4.78 is 26.2. The van der Waals surface area contributed by atoms with E-state index < -0.39 is 17.7 Å². The lowest BCUT2D eigenvalue weighted by Crippen LogP contribution is -2.36. The number of carbonyl (C=O) groups excluding carboxylic acids is 1. The highest BCUT2D eigenvalue weighted by molar-refractivity contribution is 5.89. The van der Waals surface area contributed by atoms with Crippen molar-refractivity contribution in [3.63, 3.8) is 0 Å². The Bertz CT molecular complexity index is 632. The maximum atomic E-state index is 13.4. The molecule has 0 radical (unpaired) electrons. The smallest absolute Gasteiger partial charge is 0.319 e. The molecule has 0 aromatic heterocycles. The highest BCUT2D eigenvalue weighted by Crippen LogP contribution is 2.14. The summed E-state index contributed by atoms with van der Waals surface area (Å²) in [6.45, 7) is 1.88. The number of rotatable bonds is 5. The van der Waals surface area contributed by atoms with Gasteiger partial charge in [0.25, 0.3) is 0 Å². The molecule has 3 nitrogen and oxygen atoms in total. The van der Waals surface area contributed by atoms with Crippen LogP contribution in [0.5, 0.6) is 0 Å². The minimum atomic E-state index is -0.799. The van der Waals surface area contributed by atoms with Gasteiger partial charge in [-0.15, -0.1) is 0 Å². The Morgan fingerprint density at radius 3 is 2.55 bits per heavy atom. The first-order chi connectivity index (χ1) is 10.5. The van der Waals surface area contributed by atoms with Crippen molar-refractivity contribution in [2.75, 3.05) is 5.32 Å². The third-order valence-electron chi connectivity index (χ3n) is 3.27. The fourth-order valence-corrected chi connectivity index (χ4v) is 2.07. The molecule has 2 aromatic rings. The molecule has 116 valence electrons. The van der Waals surface area contributed by atoms with Crippen LogP contribution in [-0.4, -0.2) is 12.1 Å². The van der Waals surface area contributed by atoms with Gasteiger partial charge in [-0.05, 0) is 37.5 Å². The molecule has 1 unspecified atom stereocenters. The summed E-state index contributed by atoms with van der Waals surface area (Å²) in [6.07, 6.45) is 1.61. The minimum absolute atomic E-state index is 0.0471. The first kappa shape index (κ1) is 15.9. The monoisotopic (exact) mass is 304 g/mol. The minimum Gasteiger partial charge on any atom is -0.335 e. The first-order valence-electron chi connectivity index (χ1n) is 7.11. The third-order valence-corrected chi connectivity index (χ3v) is 3.27. The molecular formula is C17H18F2N2O. The summed E-state index contributed by atoms with van der Waals surface area (Å²) in [6, 6.07) is 12.4. The van der Waals surface area contributed by atoms with Gasteiger partial charge in [-0.1, -0.05) is 30.3 Å². The average Bonchev–Trinajstić information content (AvgIpc) is 2.49. The van der Waals surface area contributed by atoms with Gasteiger partial charge in [0.2, 0.25) is 0 Å². The number of hydrogen-bond donors (Lipinski definition) is 2. The van der Waals surface area contributed by atoms with Gasteiger partial charge in [-0.25, -0.2) is 13.6 Å². The van der Waals surface area contributed by atoms with Crippen LogP contribution in [0.15, 0.2) is 48.5 Å². The van der Waals surface area contributed by atoms with Crippen molar-refractivity contribution in [2.45, 2.75) is 25.8 Å². The molecule has 0 spiro atoms. The van der Waals surface area contributed by atoms with E-state index in [-0.39, 0.29) is 11.7 Å².